The normalized spacial score (nSPS) is 18.7. The fraction of sp³-hybridized carbons (Fsp3) is 0.450. The largest absolute Gasteiger partial charge is 0.508 e. The summed E-state index contributed by atoms with van der Waals surface area (Å²) in [4.78, 5) is 199. The van der Waals surface area contributed by atoms with E-state index < -0.39 is 162 Å². The first-order valence-electron chi connectivity index (χ1n) is 38.1. The summed E-state index contributed by atoms with van der Waals surface area (Å²) in [5, 5.41) is 55.4. The summed E-state index contributed by atoms with van der Waals surface area (Å²) < 4.78 is 5.72. The fourth-order valence-electron chi connectivity index (χ4n) is 12.4. The highest BCUT2D eigenvalue weighted by Crippen LogP contribution is 2.26. The Morgan fingerprint density at radius 2 is 1.23 bits per heavy atom. The first kappa shape index (κ1) is 90.9. The van der Waals surface area contributed by atoms with Crippen molar-refractivity contribution >= 4 is 132 Å². The molecular formula is C80H106N16O17S2. The van der Waals surface area contributed by atoms with Gasteiger partial charge in [0.25, 0.3) is 0 Å². The van der Waals surface area contributed by atoms with Crippen molar-refractivity contribution in [3.63, 3.8) is 0 Å². The average Bonchev–Trinajstić information content (AvgIpc) is 1.28. The molecule has 5 aromatic carbocycles. The maximum atomic E-state index is 15.4. The van der Waals surface area contributed by atoms with Gasteiger partial charge in [0.2, 0.25) is 65.0 Å². The Hall–Kier alpha value is -11.3. The second-order valence-corrected chi connectivity index (χ2v) is 31.8. The van der Waals surface area contributed by atoms with Crippen molar-refractivity contribution in [1.82, 2.24) is 63.5 Å². The zero-order chi connectivity index (χ0) is 84.0. The van der Waals surface area contributed by atoms with Crippen molar-refractivity contribution in [2.45, 2.75) is 186 Å². The molecule has 0 aliphatic carbocycles. The zero-order valence-corrected chi connectivity index (χ0v) is 66.9. The molecule has 1 aliphatic heterocycles. The van der Waals surface area contributed by atoms with Crippen molar-refractivity contribution in [1.29, 1.82) is 0 Å². The van der Waals surface area contributed by atoms with E-state index in [4.69, 9.17) is 21.9 Å². The van der Waals surface area contributed by atoms with E-state index in [1.807, 2.05) is 36.4 Å². The van der Waals surface area contributed by atoms with Gasteiger partial charge in [0.1, 0.15) is 78.6 Å². The number of fused-ring (bicyclic) bond motifs is 2. The van der Waals surface area contributed by atoms with Crippen molar-refractivity contribution in [2.75, 3.05) is 29.9 Å². The Bertz CT molecular complexity index is 4390. The molecule has 6 aromatic rings. The average molecular weight is 1630 g/mol. The van der Waals surface area contributed by atoms with Crippen molar-refractivity contribution in [3.05, 3.63) is 144 Å². The zero-order valence-electron chi connectivity index (χ0n) is 65.3. The number of rotatable bonds is 34. The lowest BCUT2D eigenvalue weighted by Gasteiger charge is -2.29. The van der Waals surface area contributed by atoms with Gasteiger partial charge in [0.05, 0.1) is 6.10 Å². The highest BCUT2D eigenvalue weighted by molar-refractivity contribution is 8.76. The number of aliphatic hydroxyl groups excluding tert-OH is 1. The van der Waals surface area contributed by atoms with Crippen LogP contribution in [0.5, 0.6) is 5.75 Å². The molecule has 115 heavy (non-hydrogen) atoms. The maximum Gasteiger partial charge on any atom is 0.408 e. The Kier molecular flexibility index (Phi) is 35.5. The summed E-state index contributed by atoms with van der Waals surface area (Å²) in [6.45, 7) is 11.2. The lowest BCUT2D eigenvalue weighted by molar-refractivity contribution is -0.136. The molecule has 14 amide bonds. The molecule has 11 atom stereocenters. The van der Waals surface area contributed by atoms with E-state index in [0.29, 0.717) is 46.0 Å². The molecule has 2 heterocycles. The fourth-order valence-corrected chi connectivity index (χ4v) is 14.7. The smallest absolute Gasteiger partial charge is 0.408 e. The standard InChI is InChI=1S/C80H106N16O17S2/c1-43(2)64(99)31-32-65(100)94-66(44(3)4)77(109)88-58(20-14-34-84-79(83)111)70(102)86-53-27-22-48(23-28-53)40-113-80(112)93-60(37-49-21-26-50-15-8-9-16-51(50)35-49)73(105)91-62-41-114-115-42-63(76(108)96-68(46(7)97)69(82)101)92-78(110)67(45(5)6)95-71(103)57(19-12-13-33-81)87-74(106)61(38-52-39-85-56-18-11-10-17-55(52)56)90-72(104)59(89-75(62)107)36-47-24-29-54(98)30-25-47/h8-11,15-18,21-30,35,39,43-46,57-63,66-68,85,97-98H,12-14,19-20,31-34,36-38,40-42,81H2,1-7H3,(H2,82,101)(H,86,102)(H,87,106)(H,88,109)(H,89,107)(H,90,104)(H,91,105)(H,92,110)(H,93,112)(H,94,100)(H,95,103)(H,96,108)(H3,83,84,111)/t46-,57+,58+,59+,60-,61-,62+,63+,66+,67+,68+/m1/s1. The summed E-state index contributed by atoms with van der Waals surface area (Å²) >= 11 is 0. The monoisotopic (exact) mass is 1630 g/mol. The van der Waals surface area contributed by atoms with Crippen LogP contribution in [0.2, 0.25) is 0 Å². The van der Waals surface area contributed by atoms with Gasteiger partial charge in [-0.05, 0) is 121 Å². The van der Waals surface area contributed by atoms with E-state index in [-0.39, 0.29) is 99.1 Å². The summed E-state index contributed by atoms with van der Waals surface area (Å²) in [5.41, 5.74) is 19.6. The van der Waals surface area contributed by atoms with Crippen LogP contribution in [0.15, 0.2) is 121 Å². The molecule has 0 spiro atoms. The first-order chi connectivity index (χ1) is 54.8. The molecule has 620 valence electrons. The molecule has 33 nitrogen and oxygen atoms in total. The number of H-pyrrole nitrogens is 1. The number of unbranched alkanes of at least 4 members (excludes halogenated alkanes) is 1. The van der Waals surface area contributed by atoms with Gasteiger partial charge in [0.15, 0.2) is 0 Å². The van der Waals surface area contributed by atoms with Crippen LogP contribution < -0.4 is 81.0 Å². The summed E-state index contributed by atoms with van der Waals surface area (Å²) in [6.07, 6.45) is -0.841. The summed E-state index contributed by atoms with van der Waals surface area (Å²) in [6, 6.07) is 16.5. The third-order valence-electron chi connectivity index (χ3n) is 19.0. The molecule has 21 N–H and O–H groups in total. The van der Waals surface area contributed by atoms with E-state index in [2.05, 4.69) is 68.8 Å². The number of carbonyl (C=O) groups excluding carboxylic acids is 14. The number of carbonyl (C=O) groups is 14. The van der Waals surface area contributed by atoms with Gasteiger partial charge in [-0.25, -0.2) is 9.59 Å². The van der Waals surface area contributed by atoms with Crippen LogP contribution in [-0.2, 0) is 88.1 Å². The van der Waals surface area contributed by atoms with Gasteiger partial charge in [-0.15, -0.1) is 0 Å². The molecule has 7 rings (SSSR count). The quantitative estimate of drug-likeness (QED) is 0.0204. The SMILES string of the molecule is CC(C)C(=O)CCC(=O)N[C@H](C(=O)N[C@@H](CCCNC(N)=O)C(=O)Nc1ccc(COC(=O)N[C@H](Cc2ccc3ccccc3c2)C(=O)N[C@H]2CSSC[C@@H](C(=O)N[C@H](C(N)=O)[C@@H](C)O)NC(=O)[C@H](C(C)C)NC(=O)[C@H](CCCCN)NC(=O)[C@@H](Cc3c[nH]c4ccccc34)NC(=O)[C@H](Cc3ccc(O)cc3)NC2=O)cc1)C(C)C. The first-order valence-corrected chi connectivity index (χ1v) is 40.6. The van der Waals surface area contributed by atoms with Gasteiger partial charge in [0, 0.05) is 78.9 Å². The minimum atomic E-state index is -1.65. The predicted molar refractivity (Wildman–Crippen MR) is 435 cm³/mol. The number of hydrogen-bond donors (Lipinski definition) is 18. The molecule has 35 heteroatoms. The number of ether oxygens (including phenoxy) is 1. The molecule has 0 radical (unpaired) electrons. The molecule has 0 bridgehead atoms. The number of aliphatic hydroxyl groups is 1. The van der Waals surface area contributed by atoms with Gasteiger partial charge in [-0.1, -0.05) is 148 Å². The van der Waals surface area contributed by atoms with Crippen LogP contribution in [-0.4, -0.2) is 189 Å². The van der Waals surface area contributed by atoms with Gasteiger partial charge < -0.3 is 101 Å². The van der Waals surface area contributed by atoms with Crippen LogP contribution in [0.4, 0.5) is 15.3 Å². The van der Waals surface area contributed by atoms with E-state index in [1.54, 1.807) is 78.1 Å². The lowest BCUT2D eigenvalue weighted by atomic mass is 10.00. The Labute approximate surface area is 674 Å². The topological polar surface area (TPSA) is 527 Å². The number of aromatic hydroxyl groups is 1. The molecule has 1 fully saturated rings. The number of anilines is 1. The number of amides is 14. The van der Waals surface area contributed by atoms with Crippen LogP contribution >= 0.6 is 21.6 Å². The van der Waals surface area contributed by atoms with Crippen molar-refractivity contribution in [2.24, 2.45) is 35.0 Å². The van der Waals surface area contributed by atoms with E-state index >= 15 is 19.2 Å². The van der Waals surface area contributed by atoms with Gasteiger partial charge >= 0.3 is 12.1 Å². The summed E-state index contributed by atoms with van der Waals surface area (Å²) in [7, 11) is 1.82. The van der Waals surface area contributed by atoms with Crippen molar-refractivity contribution in [3.8, 4) is 5.75 Å². The number of nitrogens with two attached hydrogens (primary N) is 3. The number of hydrogen-bond acceptors (Lipinski definition) is 20. The Morgan fingerprint density at radius 1 is 0.600 bits per heavy atom. The highest BCUT2D eigenvalue weighted by Gasteiger charge is 2.38. The van der Waals surface area contributed by atoms with Gasteiger partial charge in [-0.2, -0.15) is 0 Å². The number of aromatic amines is 1. The van der Waals surface area contributed by atoms with Crippen LogP contribution in [0.1, 0.15) is 116 Å². The molecule has 0 unspecified atom stereocenters. The maximum absolute atomic E-state index is 15.4. The number of benzene rings is 5. The molecule has 1 aliphatic rings. The molecular weight excluding hydrogens is 1520 g/mol. The molecule has 1 aromatic heterocycles. The number of aromatic nitrogens is 1. The highest BCUT2D eigenvalue weighted by atomic mass is 33.1. The Morgan fingerprint density at radius 3 is 1.90 bits per heavy atom. The third kappa shape index (κ3) is 28.9. The number of phenolic OH excluding ortho intramolecular Hbond substituents is 1. The minimum Gasteiger partial charge on any atom is -0.508 e. The second kappa shape index (κ2) is 45.0. The number of nitrogens with one attached hydrogen (secondary N) is 13. The summed E-state index contributed by atoms with van der Waals surface area (Å²) in [5.74, 6) is -11.7. The van der Waals surface area contributed by atoms with E-state index in [1.165, 1.54) is 55.5 Å². The second-order valence-electron chi connectivity index (χ2n) is 29.2. The third-order valence-corrected chi connectivity index (χ3v) is 21.5. The van der Waals surface area contributed by atoms with Gasteiger partial charge in [-0.3, -0.25) is 57.5 Å². The number of ketones is 1. The van der Waals surface area contributed by atoms with Crippen LogP contribution in [0.25, 0.3) is 21.7 Å². The number of para-hydroxylation sites is 1. The predicted octanol–water partition coefficient (Wildman–Crippen LogP) is 2.81. The number of Topliss-reactive ketones (excluding diaryl/α,β-unsaturated/α-hetero) is 1. The molecule has 0 saturated carbocycles. The number of phenols is 1. The number of alkyl carbamates (subject to hydrolysis) is 1. The van der Waals surface area contributed by atoms with Crippen LogP contribution in [0.3, 0.4) is 0 Å². The minimum absolute atomic E-state index is 0.00168. The van der Waals surface area contributed by atoms with Crippen LogP contribution in [0, 0.1) is 17.8 Å². The number of primary amides is 2. The number of urea groups is 1. The van der Waals surface area contributed by atoms with E-state index in [9.17, 15) is 58.2 Å². The van der Waals surface area contributed by atoms with Crippen molar-refractivity contribution < 1.29 is 82.1 Å². The Balaban J connectivity index is 1.20. The lowest BCUT2D eigenvalue weighted by Crippen LogP contribution is -2.62. The van der Waals surface area contributed by atoms with E-state index in [0.717, 1.165) is 32.4 Å². The molecule has 1 saturated heterocycles.